The quantitative estimate of drug-likeness (QED) is 0.690. The normalized spacial score (nSPS) is 11.0. The van der Waals surface area contributed by atoms with Gasteiger partial charge in [0, 0.05) is 10.6 Å². The summed E-state index contributed by atoms with van der Waals surface area (Å²) in [5.74, 6) is -0.611. The number of amides is 2. The molecule has 0 heterocycles. The van der Waals surface area contributed by atoms with Gasteiger partial charge in [0.05, 0.1) is 18.7 Å². The van der Waals surface area contributed by atoms with Gasteiger partial charge in [-0.15, -0.1) is 0 Å². The molecule has 2 aromatic carbocycles. The van der Waals surface area contributed by atoms with Crippen LogP contribution in [-0.2, 0) is 4.79 Å². The van der Waals surface area contributed by atoms with Crippen LogP contribution in [0.4, 0.5) is 18.9 Å². The first-order valence-electron chi connectivity index (χ1n) is 7.94. The zero-order valence-electron chi connectivity index (χ0n) is 14.3. The standard InChI is InChI=1S/C18H17F3N2O3S/c1-2-26-13-9-7-12(8-10-13)23-16(24)11-22-17(25)14-5-3-4-6-15(14)27-18(19,20)21/h3-10H,2,11H2,1H3,(H,22,25)(H,23,24). The molecule has 9 heteroatoms. The third-order valence-electron chi connectivity index (χ3n) is 3.22. The van der Waals surface area contributed by atoms with Gasteiger partial charge in [-0.3, -0.25) is 9.59 Å². The van der Waals surface area contributed by atoms with Gasteiger partial charge in [0.15, 0.2) is 0 Å². The number of carbonyl (C=O) groups excluding carboxylic acids is 2. The maximum Gasteiger partial charge on any atom is 0.446 e. The number of anilines is 1. The predicted molar refractivity (Wildman–Crippen MR) is 96.9 cm³/mol. The molecule has 0 saturated heterocycles. The SMILES string of the molecule is CCOc1ccc(NC(=O)CNC(=O)c2ccccc2SC(F)(F)F)cc1. The summed E-state index contributed by atoms with van der Waals surface area (Å²) < 4.78 is 43.0. The van der Waals surface area contributed by atoms with Crippen molar-refractivity contribution in [3.05, 3.63) is 54.1 Å². The molecule has 2 amide bonds. The highest BCUT2D eigenvalue weighted by Crippen LogP contribution is 2.38. The molecule has 2 N–H and O–H groups in total. The Kier molecular flexibility index (Phi) is 7.12. The Bertz CT molecular complexity index is 795. The van der Waals surface area contributed by atoms with E-state index in [0.29, 0.717) is 18.0 Å². The Morgan fingerprint density at radius 3 is 2.37 bits per heavy atom. The Hall–Kier alpha value is -2.68. The molecular formula is C18H17F3N2O3S. The number of benzene rings is 2. The summed E-state index contributed by atoms with van der Waals surface area (Å²) in [5, 5.41) is 4.90. The molecule has 2 aromatic rings. The molecule has 0 fully saturated rings. The van der Waals surface area contributed by atoms with Crippen molar-refractivity contribution < 1.29 is 27.5 Å². The molecule has 0 saturated carbocycles. The number of thioether (sulfide) groups is 1. The first-order valence-corrected chi connectivity index (χ1v) is 8.76. The van der Waals surface area contributed by atoms with Gasteiger partial charge in [0.1, 0.15) is 5.75 Å². The van der Waals surface area contributed by atoms with Crippen LogP contribution in [0.3, 0.4) is 0 Å². The second-order valence-corrected chi connectivity index (χ2v) is 6.34. The van der Waals surface area contributed by atoms with Gasteiger partial charge in [-0.05, 0) is 55.1 Å². The topological polar surface area (TPSA) is 67.4 Å². The molecule has 5 nitrogen and oxygen atoms in total. The van der Waals surface area contributed by atoms with Crippen molar-refractivity contribution in [3.8, 4) is 5.75 Å². The highest BCUT2D eigenvalue weighted by molar-refractivity contribution is 8.00. The number of nitrogens with one attached hydrogen (secondary N) is 2. The second kappa shape index (κ2) is 9.31. The molecule has 0 unspecified atom stereocenters. The van der Waals surface area contributed by atoms with Gasteiger partial charge in [-0.25, -0.2) is 0 Å². The van der Waals surface area contributed by atoms with Gasteiger partial charge < -0.3 is 15.4 Å². The van der Waals surface area contributed by atoms with Gasteiger partial charge >= 0.3 is 5.51 Å². The highest BCUT2D eigenvalue weighted by atomic mass is 32.2. The van der Waals surface area contributed by atoms with Gasteiger partial charge in [-0.1, -0.05) is 12.1 Å². The van der Waals surface area contributed by atoms with Gasteiger partial charge in [0.2, 0.25) is 5.91 Å². The summed E-state index contributed by atoms with van der Waals surface area (Å²) in [6.45, 7) is 1.99. The van der Waals surface area contributed by atoms with E-state index in [1.807, 2.05) is 6.92 Å². The average molecular weight is 398 g/mol. The Morgan fingerprint density at radius 2 is 1.74 bits per heavy atom. The fourth-order valence-corrected chi connectivity index (χ4v) is 2.80. The maximum absolute atomic E-state index is 12.6. The predicted octanol–water partition coefficient (Wildman–Crippen LogP) is 4.07. The van der Waals surface area contributed by atoms with E-state index in [2.05, 4.69) is 10.6 Å². The van der Waals surface area contributed by atoms with Gasteiger partial charge in [-0.2, -0.15) is 13.2 Å². The Balaban J connectivity index is 1.92. The largest absolute Gasteiger partial charge is 0.494 e. The monoisotopic (exact) mass is 398 g/mol. The summed E-state index contributed by atoms with van der Waals surface area (Å²) >= 11 is -0.375. The minimum atomic E-state index is -4.51. The molecule has 144 valence electrons. The van der Waals surface area contributed by atoms with Crippen LogP contribution in [0.1, 0.15) is 17.3 Å². The molecule has 0 radical (unpaired) electrons. The van der Waals surface area contributed by atoms with Crippen molar-refractivity contribution in [1.82, 2.24) is 5.32 Å². The number of ether oxygens (including phenoxy) is 1. The van der Waals surface area contributed by atoms with E-state index < -0.39 is 17.3 Å². The van der Waals surface area contributed by atoms with Crippen molar-refractivity contribution in [2.24, 2.45) is 0 Å². The molecule has 27 heavy (non-hydrogen) atoms. The van der Waals surface area contributed by atoms with Crippen LogP contribution in [-0.4, -0.2) is 30.5 Å². The fourth-order valence-electron chi connectivity index (χ4n) is 2.13. The van der Waals surface area contributed by atoms with Crippen LogP contribution in [0.25, 0.3) is 0 Å². The number of rotatable bonds is 7. The summed E-state index contributed by atoms with van der Waals surface area (Å²) in [7, 11) is 0. The van der Waals surface area contributed by atoms with Crippen molar-refractivity contribution in [2.75, 3.05) is 18.5 Å². The van der Waals surface area contributed by atoms with Crippen LogP contribution in [0.5, 0.6) is 5.75 Å². The van der Waals surface area contributed by atoms with Crippen LogP contribution >= 0.6 is 11.8 Å². The second-order valence-electron chi connectivity index (χ2n) is 5.23. The molecule has 0 bridgehead atoms. The van der Waals surface area contributed by atoms with Crippen LogP contribution in [0, 0.1) is 0 Å². The number of halogens is 3. The first-order chi connectivity index (χ1) is 12.8. The molecule has 0 aromatic heterocycles. The zero-order valence-corrected chi connectivity index (χ0v) is 15.1. The van der Waals surface area contributed by atoms with Crippen LogP contribution in [0.15, 0.2) is 53.4 Å². The van der Waals surface area contributed by atoms with E-state index in [9.17, 15) is 22.8 Å². The minimum Gasteiger partial charge on any atom is -0.494 e. The molecule has 2 rings (SSSR count). The van der Waals surface area contributed by atoms with Crippen molar-refractivity contribution in [2.45, 2.75) is 17.3 Å². The summed E-state index contributed by atoms with van der Waals surface area (Å²) in [4.78, 5) is 23.8. The third kappa shape index (κ3) is 6.86. The molecule has 0 aliphatic rings. The maximum atomic E-state index is 12.6. The van der Waals surface area contributed by atoms with Crippen molar-refractivity contribution in [3.63, 3.8) is 0 Å². The minimum absolute atomic E-state index is 0.145. The van der Waals surface area contributed by atoms with Crippen LogP contribution < -0.4 is 15.4 Å². The highest BCUT2D eigenvalue weighted by Gasteiger charge is 2.31. The lowest BCUT2D eigenvalue weighted by molar-refractivity contribution is -0.115. The molecular weight excluding hydrogens is 381 g/mol. The van der Waals surface area contributed by atoms with Crippen LogP contribution in [0.2, 0.25) is 0 Å². The van der Waals surface area contributed by atoms with E-state index in [-0.39, 0.29) is 28.8 Å². The first kappa shape index (κ1) is 20.6. The zero-order chi connectivity index (χ0) is 19.9. The van der Waals surface area contributed by atoms with Crippen molar-refractivity contribution in [1.29, 1.82) is 0 Å². The van der Waals surface area contributed by atoms with Crippen molar-refractivity contribution >= 4 is 29.3 Å². The molecule has 0 spiro atoms. The average Bonchev–Trinajstić information content (AvgIpc) is 2.61. The van der Waals surface area contributed by atoms with E-state index >= 15 is 0 Å². The van der Waals surface area contributed by atoms with E-state index in [1.54, 1.807) is 24.3 Å². The van der Waals surface area contributed by atoms with E-state index in [1.165, 1.54) is 24.3 Å². The molecule has 0 aliphatic carbocycles. The van der Waals surface area contributed by atoms with E-state index in [4.69, 9.17) is 4.74 Å². The lowest BCUT2D eigenvalue weighted by atomic mass is 10.2. The number of carbonyl (C=O) groups is 2. The molecule has 0 atom stereocenters. The lowest BCUT2D eigenvalue weighted by Gasteiger charge is -2.11. The fraction of sp³-hybridized carbons (Fsp3) is 0.222. The summed E-state index contributed by atoms with van der Waals surface area (Å²) in [6, 6.07) is 12.0. The smallest absolute Gasteiger partial charge is 0.446 e. The Morgan fingerprint density at radius 1 is 1.07 bits per heavy atom. The third-order valence-corrected chi connectivity index (χ3v) is 4.02. The Labute approximate surface area is 158 Å². The van der Waals surface area contributed by atoms with Gasteiger partial charge in [0.25, 0.3) is 5.91 Å². The lowest BCUT2D eigenvalue weighted by Crippen LogP contribution is -2.33. The summed E-state index contributed by atoms with van der Waals surface area (Å²) in [6.07, 6.45) is 0. The van der Waals surface area contributed by atoms with E-state index in [0.717, 1.165) is 0 Å². The number of alkyl halides is 3. The number of hydrogen-bond acceptors (Lipinski definition) is 4. The summed E-state index contributed by atoms with van der Waals surface area (Å²) in [5.41, 5.74) is -4.15. The molecule has 0 aliphatic heterocycles. The number of hydrogen-bond donors (Lipinski definition) is 2.